The minimum absolute atomic E-state index is 0.175. The molecule has 8 rings (SSSR count). The lowest BCUT2D eigenvalue weighted by Crippen LogP contribution is -2.16. The molecular weight excluding hydrogens is 916 g/mol. The van der Waals surface area contributed by atoms with E-state index in [0.717, 1.165) is 47.8 Å². The molecule has 4 aromatic heterocycles. The Kier molecular flexibility index (Phi) is 15.7. The number of aryl methyl sites for hydroxylation is 2. The third kappa shape index (κ3) is 10.8. The van der Waals surface area contributed by atoms with Crippen LogP contribution in [0.25, 0.3) is 43.8 Å². The average Bonchev–Trinajstić information content (AvgIpc) is 4.21. The van der Waals surface area contributed by atoms with Crippen LogP contribution in [-0.4, -0.2) is 74.1 Å². The van der Waals surface area contributed by atoms with Gasteiger partial charge in [-0.25, -0.2) is 0 Å². The Labute approximate surface area is 400 Å². The number of rotatable bonds is 17. The number of halogens is 1. The van der Waals surface area contributed by atoms with Crippen LogP contribution in [0.4, 0.5) is 0 Å². The number of hydrogen-bond donors (Lipinski definition) is 0. The van der Waals surface area contributed by atoms with Crippen LogP contribution < -0.4 is 18.9 Å². The van der Waals surface area contributed by atoms with Crippen LogP contribution in [0.3, 0.4) is 0 Å². The van der Waals surface area contributed by atoms with Crippen LogP contribution in [0, 0.1) is 20.8 Å². The number of methoxy groups -OCH3 is 5. The second kappa shape index (κ2) is 21.7. The van der Waals surface area contributed by atoms with E-state index in [0.29, 0.717) is 57.3 Å². The molecule has 14 nitrogen and oxygen atoms in total. The summed E-state index contributed by atoms with van der Waals surface area (Å²) in [5, 5.41) is 20.3. The molecule has 2 unspecified atom stereocenters. The molecule has 346 valence electrons. The topological polar surface area (TPSA) is 167 Å². The first-order valence-corrected chi connectivity index (χ1v) is 22.8. The molecule has 0 spiro atoms. The first kappa shape index (κ1) is 48.2. The molecule has 0 aliphatic heterocycles. The molecule has 0 N–H and O–H groups in total. The molecule has 4 heterocycles. The summed E-state index contributed by atoms with van der Waals surface area (Å²) >= 11 is 9.28. The highest BCUT2D eigenvalue weighted by molar-refractivity contribution is 7.14. The van der Waals surface area contributed by atoms with Gasteiger partial charge in [0.25, 0.3) is 0 Å². The van der Waals surface area contributed by atoms with Crippen LogP contribution >= 0.6 is 34.3 Å². The van der Waals surface area contributed by atoms with E-state index in [4.69, 9.17) is 48.9 Å². The smallest absolute Gasteiger partial charge is 0.231 e. The lowest BCUT2D eigenvalue weighted by Gasteiger charge is -2.15. The Hall–Kier alpha value is -6.69. The van der Waals surface area contributed by atoms with E-state index in [2.05, 4.69) is 20.4 Å². The minimum atomic E-state index is -0.816. The molecule has 67 heavy (non-hydrogen) atoms. The predicted molar refractivity (Wildman–Crippen MR) is 257 cm³/mol. The van der Waals surface area contributed by atoms with Gasteiger partial charge in [0.1, 0.15) is 71.8 Å². The lowest BCUT2D eigenvalue weighted by molar-refractivity contribution is 0.0428. The van der Waals surface area contributed by atoms with Gasteiger partial charge in [-0.3, -0.25) is 9.59 Å². The number of aromatic nitrogens is 4. The van der Waals surface area contributed by atoms with E-state index in [-0.39, 0.29) is 23.1 Å². The summed E-state index contributed by atoms with van der Waals surface area (Å²) in [5.41, 5.74) is 5.63. The highest BCUT2D eigenvalue weighted by atomic mass is 35.5. The highest BCUT2D eigenvalue weighted by Crippen LogP contribution is 2.40. The standard InChI is InChI=1S/C26H26N2O5S.C24H21ClN2O5S/c1-6-32-25(17-7-9-18(10-8-17)26-28-27-16(3)34-26)24(29)21-12-11-20(33-21)19-13-22(30-4)15(2)23(14-19)31-5;1-13-26-27-24(33-13)15-7-5-14(6-8-15)23(31-4)22(28)18-10-9-17(32-18)16-11-19(29-2)21(25)20(12-16)30-3/h7-14,25H,6H2,1-5H3;5-12,23H,1-4H3. The number of furan rings is 2. The van der Waals surface area contributed by atoms with Crippen LogP contribution in [0.5, 0.6) is 23.0 Å². The zero-order valence-electron chi connectivity index (χ0n) is 38.2. The molecule has 4 aromatic carbocycles. The van der Waals surface area contributed by atoms with Crippen molar-refractivity contribution in [2.24, 2.45) is 0 Å². The third-order valence-electron chi connectivity index (χ3n) is 10.5. The SMILES string of the molecule is CCOC(C(=O)c1ccc(-c2cc(OC)c(C)c(OC)c2)o1)c1ccc(-c2nnc(C)s2)cc1.COc1cc(-c2ccc(C(=O)C(OC)c3ccc(-c4nnc(C)s4)cc3)o2)cc(OC)c1Cl. The van der Waals surface area contributed by atoms with E-state index in [1.165, 1.54) is 44.0 Å². The van der Waals surface area contributed by atoms with E-state index < -0.39 is 12.2 Å². The molecule has 2 atom stereocenters. The summed E-state index contributed by atoms with van der Waals surface area (Å²) in [6.45, 7) is 7.98. The predicted octanol–water partition coefficient (Wildman–Crippen LogP) is 12.1. The van der Waals surface area contributed by atoms with Crippen molar-refractivity contribution in [3.05, 3.63) is 140 Å². The van der Waals surface area contributed by atoms with Gasteiger partial charge in [-0.1, -0.05) is 82.8 Å². The van der Waals surface area contributed by atoms with Gasteiger partial charge in [0.05, 0.1) is 28.4 Å². The summed E-state index contributed by atoms with van der Waals surface area (Å²) in [6, 6.07) is 29.0. The fraction of sp³-hybridized carbons (Fsp3) is 0.240. The van der Waals surface area contributed by atoms with Gasteiger partial charge in [0.15, 0.2) is 11.5 Å². The second-order valence-electron chi connectivity index (χ2n) is 14.7. The van der Waals surface area contributed by atoms with Gasteiger partial charge in [-0.2, -0.15) is 0 Å². The van der Waals surface area contributed by atoms with Crippen LogP contribution in [0.15, 0.2) is 106 Å². The fourth-order valence-electron chi connectivity index (χ4n) is 7.06. The molecule has 0 amide bonds. The molecule has 0 aliphatic carbocycles. The van der Waals surface area contributed by atoms with Crippen molar-refractivity contribution in [3.8, 4) is 66.8 Å². The lowest BCUT2D eigenvalue weighted by atomic mass is 10.0. The molecule has 0 saturated heterocycles. The number of Topliss-reactive ketones (excluding diaryl/α,β-unsaturated/α-hetero) is 2. The summed E-state index contributed by atoms with van der Waals surface area (Å²) in [4.78, 5) is 26.5. The Bertz CT molecular complexity index is 2930. The van der Waals surface area contributed by atoms with Crippen LogP contribution in [0.2, 0.25) is 5.02 Å². The molecular formula is C50H47ClN4O10S2. The largest absolute Gasteiger partial charge is 0.496 e. The number of nitrogens with zero attached hydrogens (tertiary/aromatic N) is 4. The van der Waals surface area contributed by atoms with Crippen molar-refractivity contribution in [2.45, 2.75) is 39.9 Å². The zero-order chi connectivity index (χ0) is 47.8. The highest BCUT2D eigenvalue weighted by Gasteiger charge is 2.28. The third-order valence-corrected chi connectivity index (χ3v) is 12.6. The summed E-state index contributed by atoms with van der Waals surface area (Å²) < 4.78 is 44.7. The van der Waals surface area contributed by atoms with Crippen molar-refractivity contribution < 1.29 is 46.8 Å². The quantitative estimate of drug-likeness (QED) is 0.0790. The average molecular weight is 964 g/mol. The monoisotopic (exact) mass is 962 g/mol. The maximum Gasteiger partial charge on any atom is 0.231 e. The van der Waals surface area contributed by atoms with E-state index in [1.807, 2.05) is 88.4 Å². The first-order valence-electron chi connectivity index (χ1n) is 20.8. The molecule has 0 fully saturated rings. The number of ether oxygens (including phenoxy) is 6. The van der Waals surface area contributed by atoms with Crippen molar-refractivity contribution in [1.29, 1.82) is 0 Å². The second-order valence-corrected chi connectivity index (χ2v) is 17.4. The van der Waals surface area contributed by atoms with Gasteiger partial charge < -0.3 is 37.3 Å². The normalized spacial score (nSPS) is 11.9. The molecule has 8 aromatic rings. The molecule has 0 aliphatic rings. The summed E-state index contributed by atoms with van der Waals surface area (Å²) in [6.07, 6.45) is -1.60. The number of hydrogen-bond acceptors (Lipinski definition) is 16. The minimum Gasteiger partial charge on any atom is -0.496 e. The van der Waals surface area contributed by atoms with Gasteiger partial charge in [-0.05, 0) is 87.4 Å². The van der Waals surface area contributed by atoms with E-state index in [9.17, 15) is 9.59 Å². The maximum absolute atomic E-state index is 13.4. The Balaban J connectivity index is 0.000000199. The number of ketones is 2. The molecule has 17 heteroatoms. The van der Waals surface area contributed by atoms with Crippen LogP contribution in [-0.2, 0) is 9.47 Å². The van der Waals surface area contributed by atoms with Gasteiger partial charge >= 0.3 is 0 Å². The van der Waals surface area contributed by atoms with Crippen molar-refractivity contribution in [2.75, 3.05) is 42.2 Å². The van der Waals surface area contributed by atoms with Crippen molar-refractivity contribution >= 4 is 45.8 Å². The maximum atomic E-state index is 13.4. The van der Waals surface area contributed by atoms with Crippen molar-refractivity contribution in [1.82, 2.24) is 20.4 Å². The van der Waals surface area contributed by atoms with E-state index >= 15 is 0 Å². The number of carbonyl (C=O) groups excluding carboxylic acids is 2. The van der Waals surface area contributed by atoms with E-state index in [1.54, 1.807) is 50.6 Å². The summed E-state index contributed by atoms with van der Waals surface area (Å²) in [5.74, 6) is 3.10. The Morgan fingerprint density at radius 3 is 1.33 bits per heavy atom. The first-order chi connectivity index (χ1) is 32.4. The van der Waals surface area contributed by atoms with Crippen molar-refractivity contribution in [3.63, 3.8) is 0 Å². The zero-order valence-corrected chi connectivity index (χ0v) is 40.6. The molecule has 0 bridgehead atoms. The molecule has 0 saturated carbocycles. The Morgan fingerprint density at radius 2 is 0.955 bits per heavy atom. The van der Waals surface area contributed by atoms with Crippen LogP contribution in [0.1, 0.15) is 66.9 Å². The number of benzene rings is 4. The van der Waals surface area contributed by atoms with Gasteiger partial charge in [-0.15, -0.1) is 20.4 Å². The Morgan fingerprint density at radius 1 is 0.552 bits per heavy atom. The summed E-state index contributed by atoms with van der Waals surface area (Å²) in [7, 11) is 7.73. The fourth-order valence-corrected chi connectivity index (χ4v) is 8.72. The van der Waals surface area contributed by atoms with Gasteiger partial charge in [0, 0.05) is 41.5 Å². The molecule has 0 radical (unpaired) electrons. The number of carbonyl (C=O) groups is 2. The van der Waals surface area contributed by atoms with Gasteiger partial charge in [0.2, 0.25) is 11.6 Å².